The monoisotopic (exact) mass is 354 g/mol. The number of hydrogen-bond acceptors (Lipinski definition) is 4. The molecule has 0 saturated heterocycles. The fraction of sp³-hybridized carbons (Fsp3) is 0.364. The average Bonchev–Trinajstić information content (AvgIpc) is 2.65. The molecule has 0 radical (unpaired) electrons. The van der Waals surface area contributed by atoms with Crippen LogP contribution in [-0.4, -0.2) is 24.6 Å². The van der Waals surface area contributed by atoms with E-state index in [0.717, 1.165) is 0 Å². The lowest BCUT2D eigenvalue weighted by molar-refractivity contribution is -0.0524. The van der Waals surface area contributed by atoms with E-state index in [4.69, 9.17) is 9.47 Å². The number of esters is 2. The first-order valence-electron chi connectivity index (χ1n) is 8.79. The van der Waals surface area contributed by atoms with Gasteiger partial charge in [-0.3, -0.25) is 0 Å². The zero-order valence-corrected chi connectivity index (χ0v) is 15.8. The summed E-state index contributed by atoms with van der Waals surface area (Å²) in [5.41, 5.74) is 0.490. The summed E-state index contributed by atoms with van der Waals surface area (Å²) in [6.07, 6.45) is -0.390. The average molecular weight is 354 g/mol. The summed E-state index contributed by atoms with van der Waals surface area (Å²) in [6.45, 7) is 8.02. The molecule has 2 rings (SSSR count). The van der Waals surface area contributed by atoms with Crippen LogP contribution in [0, 0.1) is 11.3 Å². The summed E-state index contributed by atoms with van der Waals surface area (Å²) in [6, 6.07) is 17.8. The van der Waals surface area contributed by atoms with Gasteiger partial charge in [0.05, 0.1) is 11.1 Å². The minimum atomic E-state index is -0.525. The minimum absolute atomic E-state index is 0.0769. The molecule has 138 valence electrons. The largest absolute Gasteiger partial charge is 0.461 e. The zero-order valence-electron chi connectivity index (χ0n) is 15.8. The molecule has 1 atom stereocenters. The van der Waals surface area contributed by atoms with Gasteiger partial charge in [0.15, 0.2) is 0 Å². The topological polar surface area (TPSA) is 52.6 Å². The molecule has 0 aliphatic heterocycles. The Bertz CT molecular complexity index is 720. The molecule has 0 spiro atoms. The van der Waals surface area contributed by atoms with E-state index in [2.05, 4.69) is 0 Å². The maximum Gasteiger partial charge on any atom is 0.338 e. The van der Waals surface area contributed by atoms with E-state index in [1.807, 2.05) is 39.8 Å². The first-order valence-corrected chi connectivity index (χ1v) is 8.79. The van der Waals surface area contributed by atoms with E-state index in [0.29, 0.717) is 11.1 Å². The predicted octanol–water partition coefficient (Wildman–Crippen LogP) is 4.75. The van der Waals surface area contributed by atoms with Crippen LogP contribution in [0.1, 0.15) is 48.4 Å². The normalized spacial score (nSPS) is 12.5. The Morgan fingerprint density at radius 2 is 1.31 bits per heavy atom. The number of carbonyl (C=O) groups is 2. The fourth-order valence-electron chi connectivity index (χ4n) is 2.95. The van der Waals surface area contributed by atoms with E-state index in [1.165, 1.54) is 0 Å². The molecule has 2 aromatic carbocycles. The number of carbonyl (C=O) groups excluding carboxylic acids is 2. The SMILES string of the molecule is CC(C)C(OC(=O)c1ccccc1)C(C)(C)COC(=O)c1ccccc1. The van der Waals surface area contributed by atoms with Gasteiger partial charge in [-0.25, -0.2) is 9.59 Å². The molecule has 0 aliphatic rings. The van der Waals surface area contributed by atoms with Crippen LogP contribution in [-0.2, 0) is 9.47 Å². The number of benzene rings is 2. The Morgan fingerprint density at radius 1 is 0.846 bits per heavy atom. The maximum atomic E-state index is 12.4. The van der Waals surface area contributed by atoms with Crippen molar-refractivity contribution >= 4 is 11.9 Å². The van der Waals surface area contributed by atoms with Gasteiger partial charge >= 0.3 is 11.9 Å². The molecule has 2 aromatic rings. The van der Waals surface area contributed by atoms with Gasteiger partial charge in [0.2, 0.25) is 0 Å². The quantitative estimate of drug-likeness (QED) is 0.673. The van der Waals surface area contributed by atoms with Crippen molar-refractivity contribution in [3.63, 3.8) is 0 Å². The van der Waals surface area contributed by atoms with Gasteiger partial charge in [-0.2, -0.15) is 0 Å². The highest BCUT2D eigenvalue weighted by Gasteiger charge is 2.36. The summed E-state index contributed by atoms with van der Waals surface area (Å²) in [4.78, 5) is 24.6. The number of ether oxygens (including phenoxy) is 2. The highest BCUT2D eigenvalue weighted by molar-refractivity contribution is 5.90. The Labute approximate surface area is 155 Å². The molecule has 0 N–H and O–H groups in total. The molecule has 0 bridgehead atoms. The van der Waals surface area contributed by atoms with Gasteiger partial charge in [-0.1, -0.05) is 64.1 Å². The van der Waals surface area contributed by atoms with Crippen LogP contribution in [0.25, 0.3) is 0 Å². The molecular weight excluding hydrogens is 328 g/mol. The van der Waals surface area contributed by atoms with Gasteiger partial charge in [0.25, 0.3) is 0 Å². The van der Waals surface area contributed by atoms with Gasteiger partial charge in [0, 0.05) is 5.41 Å². The smallest absolute Gasteiger partial charge is 0.338 e. The molecule has 0 aromatic heterocycles. The number of rotatable bonds is 7. The van der Waals surface area contributed by atoms with Gasteiger partial charge in [-0.05, 0) is 30.2 Å². The van der Waals surface area contributed by atoms with Crippen molar-refractivity contribution in [3.8, 4) is 0 Å². The molecule has 1 unspecified atom stereocenters. The third kappa shape index (κ3) is 5.19. The summed E-state index contributed by atoms with van der Waals surface area (Å²) in [7, 11) is 0. The van der Waals surface area contributed by atoms with E-state index in [-0.39, 0.29) is 24.5 Å². The Balaban J connectivity index is 2.04. The van der Waals surface area contributed by atoms with Crippen molar-refractivity contribution in [3.05, 3.63) is 71.8 Å². The third-order valence-corrected chi connectivity index (χ3v) is 4.20. The zero-order chi connectivity index (χ0) is 19.2. The van der Waals surface area contributed by atoms with Crippen LogP contribution in [0.4, 0.5) is 0 Å². The molecule has 0 fully saturated rings. The van der Waals surface area contributed by atoms with Crippen molar-refractivity contribution in [2.45, 2.75) is 33.8 Å². The van der Waals surface area contributed by atoms with Crippen molar-refractivity contribution in [1.82, 2.24) is 0 Å². The van der Waals surface area contributed by atoms with Crippen molar-refractivity contribution < 1.29 is 19.1 Å². The first-order chi connectivity index (χ1) is 12.3. The Kier molecular flexibility index (Phi) is 6.56. The highest BCUT2D eigenvalue weighted by Crippen LogP contribution is 2.30. The summed E-state index contributed by atoms with van der Waals surface area (Å²) in [5, 5.41) is 0. The van der Waals surface area contributed by atoms with Crippen molar-refractivity contribution in [2.75, 3.05) is 6.61 Å². The van der Waals surface area contributed by atoms with Crippen LogP contribution in [0.3, 0.4) is 0 Å². The molecule has 0 heterocycles. The van der Waals surface area contributed by atoms with Crippen LogP contribution in [0.15, 0.2) is 60.7 Å². The van der Waals surface area contributed by atoms with Crippen LogP contribution in [0.5, 0.6) is 0 Å². The van der Waals surface area contributed by atoms with E-state index in [9.17, 15) is 9.59 Å². The lowest BCUT2D eigenvalue weighted by atomic mass is 9.81. The third-order valence-electron chi connectivity index (χ3n) is 4.20. The summed E-state index contributed by atoms with van der Waals surface area (Å²) < 4.78 is 11.3. The van der Waals surface area contributed by atoms with Gasteiger partial charge in [-0.15, -0.1) is 0 Å². The first kappa shape index (κ1) is 19.7. The summed E-state index contributed by atoms with van der Waals surface area (Å²) in [5.74, 6) is -0.671. The van der Waals surface area contributed by atoms with Crippen LogP contribution in [0.2, 0.25) is 0 Å². The Hall–Kier alpha value is -2.62. The molecule has 4 heteroatoms. The fourth-order valence-corrected chi connectivity index (χ4v) is 2.95. The Morgan fingerprint density at radius 3 is 1.77 bits per heavy atom. The van der Waals surface area contributed by atoms with Crippen LogP contribution < -0.4 is 0 Å². The number of hydrogen-bond donors (Lipinski definition) is 0. The maximum absolute atomic E-state index is 12.4. The second kappa shape index (κ2) is 8.65. The van der Waals surface area contributed by atoms with Gasteiger partial charge < -0.3 is 9.47 Å². The lowest BCUT2D eigenvalue weighted by Gasteiger charge is -2.35. The predicted molar refractivity (Wildman–Crippen MR) is 101 cm³/mol. The van der Waals surface area contributed by atoms with Crippen LogP contribution >= 0.6 is 0 Å². The molecule has 0 saturated carbocycles. The molecule has 0 aliphatic carbocycles. The summed E-state index contributed by atoms with van der Waals surface area (Å²) >= 11 is 0. The van der Waals surface area contributed by atoms with E-state index in [1.54, 1.807) is 48.5 Å². The molecule has 0 amide bonds. The van der Waals surface area contributed by atoms with Crippen molar-refractivity contribution in [2.24, 2.45) is 11.3 Å². The van der Waals surface area contributed by atoms with Gasteiger partial charge in [0.1, 0.15) is 12.7 Å². The van der Waals surface area contributed by atoms with E-state index < -0.39 is 11.5 Å². The second-order valence-electron chi connectivity index (χ2n) is 7.37. The highest BCUT2D eigenvalue weighted by atomic mass is 16.6. The lowest BCUT2D eigenvalue weighted by Crippen LogP contribution is -2.41. The van der Waals surface area contributed by atoms with Crippen molar-refractivity contribution in [1.29, 1.82) is 0 Å². The minimum Gasteiger partial charge on any atom is -0.461 e. The second-order valence-corrected chi connectivity index (χ2v) is 7.37. The molecule has 26 heavy (non-hydrogen) atoms. The molecule has 4 nitrogen and oxygen atoms in total. The van der Waals surface area contributed by atoms with E-state index >= 15 is 0 Å². The molecular formula is C22H26O4. The standard InChI is InChI=1S/C22H26O4/c1-16(2)19(26-21(24)18-13-9-6-10-14-18)22(3,4)15-25-20(23)17-11-7-5-8-12-17/h5-14,16,19H,15H2,1-4H3.